The number of nitrogens with zero attached hydrogens (tertiary/aromatic N) is 2. The Balaban J connectivity index is 1.26. The van der Waals surface area contributed by atoms with Crippen LogP contribution in [0.1, 0.15) is 24.0 Å². The van der Waals surface area contributed by atoms with Gasteiger partial charge in [-0.25, -0.2) is 0 Å². The van der Waals surface area contributed by atoms with Gasteiger partial charge in [-0.3, -0.25) is 10.00 Å². The topological polar surface area (TPSA) is 47.7 Å². The van der Waals surface area contributed by atoms with E-state index in [9.17, 15) is 0 Å². The number of hydrogen-bond donors (Lipinski definition) is 2. The molecule has 1 atom stereocenters. The van der Waals surface area contributed by atoms with Crippen LogP contribution < -0.4 is 0 Å². The molecule has 0 amide bonds. The van der Waals surface area contributed by atoms with E-state index in [2.05, 4.69) is 62.5 Å². The molecule has 1 fully saturated rings. The summed E-state index contributed by atoms with van der Waals surface area (Å²) >= 11 is 0. The first kappa shape index (κ1) is 15.6. The molecular weight excluding hydrogens is 320 g/mol. The van der Waals surface area contributed by atoms with Crippen LogP contribution in [0.5, 0.6) is 0 Å². The number of hydrogen-bond acceptors (Lipinski definition) is 2. The predicted octanol–water partition coefficient (Wildman–Crippen LogP) is 4.50. The number of rotatable bonds is 4. The maximum absolute atomic E-state index is 4.13. The van der Waals surface area contributed by atoms with Gasteiger partial charge in [0.15, 0.2) is 0 Å². The number of likely N-dealkylation sites (tertiary alicyclic amines) is 1. The average Bonchev–Trinajstić information content (AvgIpc) is 3.30. The van der Waals surface area contributed by atoms with Gasteiger partial charge < -0.3 is 4.98 Å². The third kappa shape index (κ3) is 3.13. The monoisotopic (exact) mass is 344 g/mol. The molecule has 2 aromatic carbocycles. The Kier molecular flexibility index (Phi) is 3.98. The Morgan fingerprint density at radius 3 is 2.88 bits per heavy atom. The lowest BCUT2D eigenvalue weighted by molar-refractivity contribution is 0.167. The molecule has 1 aliphatic heterocycles. The fourth-order valence-corrected chi connectivity index (χ4v) is 4.37. The van der Waals surface area contributed by atoms with E-state index in [4.69, 9.17) is 0 Å². The molecule has 3 heterocycles. The minimum Gasteiger partial charge on any atom is -0.361 e. The van der Waals surface area contributed by atoms with Crippen LogP contribution in [0.4, 0.5) is 0 Å². The first-order chi connectivity index (χ1) is 12.8. The van der Waals surface area contributed by atoms with Crippen molar-refractivity contribution in [3.63, 3.8) is 0 Å². The summed E-state index contributed by atoms with van der Waals surface area (Å²) < 4.78 is 0. The smallest absolute Gasteiger partial charge is 0.0650 e. The highest BCUT2D eigenvalue weighted by atomic mass is 15.1. The van der Waals surface area contributed by atoms with Crippen LogP contribution in [0.25, 0.3) is 21.8 Å². The van der Waals surface area contributed by atoms with Gasteiger partial charge in [-0.05, 0) is 78.6 Å². The molecule has 2 N–H and O–H groups in total. The molecule has 5 rings (SSSR count). The fraction of sp³-hybridized carbons (Fsp3) is 0.318. The zero-order valence-electron chi connectivity index (χ0n) is 14.9. The van der Waals surface area contributed by atoms with Crippen molar-refractivity contribution in [3.05, 3.63) is 66.0 Å². The van der Waals surface area contributed by atoms with Gasteiger partial charge in [-0.1, -0.05) is 12.1 Å². The molecule has 26 heavy (non-hydrogen) atoms. The number of nitrogens with one attached hydrogen (secondary N) is 2. The van der Waals surface area contributed by atoms with Gasteiger partial charge in [0, 0.05) is 30.2 Å². The summed E-state index contributed by atoms with van der Waals surface area (Å²) in [7, 11) is 0. The van der Waals surface area contributed by atoms with E-state index in [0.717, 1.165) is 24.4 Å². The Labute approximate surface area is 153 Å². The Morgan fingerprint density at radius 1 is 1.00 bits per heavy atom. The zero-order chi connectivity index (χ0) is 17.3. The largest absolute Gasteiger partial charge is 0.361 e. The standard InChI is InChI=1S/C22H24N4/c1-2-17(10-16-3-6-22-20(11-16)13-24-25-22)14-26(9-1)15-18-4-5-21-19(12-18)7-8-23-21/h3-8,11-13,17,23H,1-2,9-10,14-15H2,(H,24,25)/t17-/m1/s1. The van der Waals surface area contributed by atoms with Crippen molar-refractivity contribution in [1.29, 1.82) is 0 Å². The maximum Gasteiger partial charge on any atom is 0.0650 e. The molecule has 4 nitrogen and oxygen atoms in total. The first-order valence-electron chi connectivity index (χ1n) is 9.54. The Morgan fingerprint density at radius 2 is 1.88 bits per heavy atom. The predicted molar refractivity (Wildman–Crippen MR) is 106 cm³/mol. The number of aromatic amines is 2. The molecule has 0 unspecified atom stereocenters. The molecule has 4 aromatic rings. The quantitative estimate of drug-likeness (QED) is 0.573. The Hall–Kier alpha value is -2.59. The van der Waals surface area contributed by atoms with E-state index in [1.54, 1.807) is 0 Å². The maximum atomic E-state index is 4.13. The van der Waals surface area contributed by atoms with Gasteiger partial charge in [-0.15, -0.1) is 0 Å². The number of benzene rings is 2. The van der Waals surface area contributed by atoms with Crippen LogP contribution >= 0.6 is 0 Å². The second-order valence-corrected chi connectivity index (χ2v) is 7.64. The third-order valence-electron chi connectivity index (χ3n) is 5.66. The zero-order valence-corrected chi connectivity index (χ0v) is 14.9. The molecule has 4 heteroatoms. The highest BCUT2D eigenvalue weighted by Crippen LogP contribution is 2.24. The minimum absolute atomic E-state index is 0.740. The van der Waals surface area contributed by atoms with Crippen molar-refractivity contribution in [3.8, 4) is 0 Å². The van der Waals surface area contributed by atoms with Crippen LogP contribution in [-0.2, 0) is 13.0 Å². The van der Waals surface area contributed by atoms with Crippen LogP contribution in [0.2, 0.25) is 0 Å². The van der Waals surface area contributed by atoms with E-state index in [0.29, 0.717) is 0 Å². The van der Waals surface area contributed by atoms with Crippen molar-refractivity contribution >= 4 is 21.8 Å². The highest BCUT2D eigenvalue weighted by Gasteiger charge is 2.20. The number of fused-ring (bicyclic) bond motifs is 2. The number of piperidine rings is 1. The summed E-state index contributed by atoms with van der Waals surface area (Å²) in [5.41, 5.74) is 5.19. The van der Waals surface area contributed by atoms with Crippen LogP contribution in [-0.4, -0.2) is 33.2 Å². The van der Waals surface area contributed by atoms with Gasteiger partial charge in [0.25, 0.3) is 0 Å². The molecule has 2 aromatic heterocycles. The summed E-state index contributed by atoms with van der Waals surface area (Å²) in [4.78, 5) is 5.90. The second kappa shape index (κ2) is 6.61. The van der Waals surface area contributed by atoms with Crippen LogP contribution in [0.3, 0.4) is 0 Å². The Bertz CT molecular complexity index is 947. The van der Waals surface area contributed by atoms with Crippen molar-refractivity contribution in [2.75, 3.05) is 13.1 Å². The first-order valence-corrected chi connectivity index (χ1v) is 9.54. The molecule has 1 saturated heterocycles. The van der Waals surface area contributed by atoms with Crippen molar-refractivity contribution < 1.29 is 0 Å². The number of aromatic nitrogens is 3. The highest BCUT2D eigenvalue weighted by molar-refractivity contribution is 5.80. The minimum atomic E-state index is 0.740. The van der Waals surface area contributed by atoms with Gasteiger partial charge >= 0.3 is 0 Å². The normalized spacial score (nSPS) is 18.7. The fourth-order valence-electron chi connectivity index (χ4n) is 4.37. The molecule has 1 aliphatic rings. The summed E-state index contributed by atoms with van der Waals surface area (Å²) in [6.45, 7) is 3.45. The molecule has 0 radical (unpaired) electrons. The van der Waals surface area contributed by atoms with Gasteiger partial charge in [0.05, 0.1) is 11.7 Å². The van der Waals surface area contributed by atoms with Gasteiger partial charge in [0.2, 0.25) is 0 Å². The summed E-state index contributed by atoms with van der Waals surface area (Å²) in [5, 5.41) is 9.69. The van der Waals surface area contributed by atoms with E-state index < -0.39 is 0 Å². The van der Waals surface area contributed by atoms with E-state index in [1.807, 2.05) is 12.4 Å². The molecular formula is C22H24N4. The molecule has 0 bridgehead atoms. The lowest BCUT2D eigenvalue weighted by Crippen LogP contribution is -2.35. The summed E-state index contributed by atoms with van der Waals surface area (Å²) in [6.07, 6.45) is 7.72. The lowest BCUT2D eigenvalue weighted by Gasteiger charge is -2.33. The van der Waals surface area contributed by atoms with Crippen molar-refractivity contribution in [2.45, 2.75) is 25.8 Å². The van der Waals surface area contributed by atoms with E-state index in [1.165, 1.54) is 53.3 Å². The van der Waals surface area contributed by atoms with Crippen LogP contribution in [0.15, 0.2) is 54.9 Å². The van der Waals surface area contributed by atoms with Crippen molar-refractivity contribution in [1.82, 2.24) is 20.1 Å². The molecule has 0 aliphatic carbocycles. The van der Waals surface area contributed by atoms with E-state index in [-0.39, 0.29) is 0 Å². The number of H-pyrrole nitrogens is 2. The average molecular weight is 344 g/mol. The molecule has 132 valence electrons. The summed E-state index contributed by atoms with van der Waals surface area (Å²) in [6, 6.07) is 15.6. The second-order valence-electron chi connectivity index (χ2n) is 7.64. The third-order valence-corrected chi connectivity index (χ3v) is 5.66. The SMILES string of the molecule is c1cc2cc(CN3CCC[C@H](Cc4ccc5[nH]ncc5c4)C3)ccc2[nH]1. The summed E-state index contributed by atoms with van der Waals surface area (Å²) in [5.74, 6) is 0.740. The van der Waals surface area contributed by atoms with Gasteiger partial charge in [-0.2, -0.15) is 5.10 Å². The van der Waals surface area contributed by atoms with E-state index >= 15 is 0 Å². The molecule has 0 saturated carbocycles. The lowest BCUT2D eigenvalue weighted by atomic mass is 9.90. The van der Waals surface area contributed by atoms with Gasteiger partial charge in [0.1, 0.15) is 0 Å². The molecule has 0 spiro atoms. The van der Waals surface area contributed by atoms with Crippen LogP contribution in [0, 0.1) is 5.92 Å². The van der Waals surface area contributed by atoms with Crippen molar-refractivity contribution in [2.24, 2.45) is 5.92 Å².